The summed E-state index contributed by atoms with van der Waals surface area (Å²) in [6.07, 6.45) is 0. The lowest BCUT2D eigenvalue weighted by molar-refractivity contribution is 0.936. The maximum absolute atomic E-state index is 6.13. The number of aromatic nitrogens is 3. The Morgan fingerprint density at radius 3 is 2.82 bits per heavy atom. The van der Waals surface area contributed by atoms with Crippen molar-refractivity contribution in [3.8, 4) is 11.4 Å². The molecule has 0 unspecified atom stereocenters. The Balaban J connectivity index is 2.20. The van der Waals surface area contributed by atoms with Crippen molar-refractivity contribution in [2.75, 3.05) is 0 Å². The van der Waals surface area contributed by atoms with Crippen LogP contribution in [0.2, 0.25) is 10.0 Å². The molecule has 0 aliphatic heterocycles. The minimum absolute atomic E-state index is 0.563. The number of aryl methyl sites for hydroxylation is 1. The van der Waals surface area contributed by atoms with Crippen molar-refractivity contribution in [2.24, 2.45) is 0 Å². The molecule has 0 bridgehead atoms. The molecule has 17 heavy (non-hydrogen) atoms. The van der Waals surface area contributed by atoms with Crippen LogP contribution in [0.15, 0.2) is 23.6 Å². The van der Waals surface area contributed by atoms with Gasteiger partial charge in [0.15, 0.2) is 5.82 Å². The SMILES string of the molecule is Cc1csc2nc(-c3ccc(Cl)cc3Cl)nn12. The van der Waals surface area contributed by atoms with Crippen LogP contribution in [0.5, 0.6) is 0 Å². The van der Waals surface area contributed by atoms with Crippen LogP contribution in [0.3, 0.4) is 0 Å². The van der Waals surface area contributed by atoms with Gasteiger partial charge in [0.2, 0.25) is 4.96 Å². The summed E-state index contributed by atoms with van der Waals surface area (Å²) in [7, 11) is 0. The number of nitrogens with zero attached hydrogens (tertiary/aromatic N) is 3. The van der Waals surface area contributed by atoms with E-state index in [0.29, 0.717) is 15.9 Å². The molecule has 0 fully saturated rings. The van der Waals surface area contributed by atoms with Crippen molar-refractivity contribution < 1.29 is 0 Å². The highest BCUT2D eigenvalue weighted by atomic mass is 35.5. The van der Waals surface area contributed by atoms with Gasteiger partial charge in [0, 0.05) is 16.0 Å². The van der Waals surface area contributed by atoms with Gasteiger partial charge in [-0.3, -0.25) is 0 Å². The number of fused-ring (bicyclic) bond motifs is 1. The molecule has 0 aliphatic rings. The molecule has 6 heteroatoms. The van der Waals surface area contributed by atoms with E-state index in [-0.39, 0.29) is 0 Å². The van der Waals surface area contributed by atoms with Gasteiger partial charge in [-0.2, -0.15) is 4.98 Å². The zero-order valence-electron chi connectivity index (χ0n) is 8.82. The third-order valence-corrected chi connectivity index (χ3v) is 3.90. The van der Waals surface area contributed by atoms with Crippen molar-refractivity contribution in [3.63, 3.8) is 0 Å². The van der Waals surface area contributed by atoms with Gasteiger partial charge < -0.3 is 0 Å². The molecule has 0 atom stereocenters. The highest BCUT2D eigenvalue weighted by Crippen LogP contribution is 2.29. The lowest BCUT2D eigenvalue weighted by Crippen LogP contribution is -1.87. The fourth-order valence-corrected chi connectivity index (χ4v) is 2.87. The predicted molar refractivity (Wildman–Crippen MR) is 71.1 cm³/mol. The summed E-state index contributed by atoms with van der Waals surface area (Å²) >= 11 is 13.5. The summed E-state index contributed by atoms with van der Waals surface area (Å²) in [5.74, 6) is 0.626. The van der Waals surface area contributed by atoms with Gasteiger partial charge in [-0.1, -0.05) is 23.2 Å². The molecule has 3 rings (SSSR count). The van der Waals surface area contributed by atoms with Gasteiger partial charge in [-0.05, 0) is 25.1 Å². The molecule has 0 saturated carbocycles. The number of rotatable bonds is 1. The first kappa shape index (κ1) is 11.0. The summed E-state index contributed by atoms with van der Waals surface area (Å²) in [5.41, 5.74) is 1.86. The van der Waals surface area contributed by atoms with E-state index in [4.69, 9.17) is 23.2 Å². The van der Waals surface area contributed by atoms with Crippen LogP contribution >= 0.6 is 34.5 Å². The molecule has 3 aromatic rings. The molecule has 0 saturated heterocycles. The minimum atomic E-state index is 0.563. The number of thiazole rings is 1. The van der Waals surface area contributed by atoms with Gasteiger partial charge in [-0.25, -0.2) is 4.52 Å². The van der Waals surface area contributed by atoms with Crippen molar-refractivity contribution in [1.29, 1.82) is 0 Å². The van der Waals surface area contributed by atoms with Crippen molar-refractivity contribution in [1.82, 2.24) is 14.6 Å². The number of hydrogen-bond acceptors (Lipinski definition) is 3. The molecule has 0 amide bonds. The average Bonchev–Trinajstić information content (AvgIpc) is 2.81. The van der Waals surface area contributed by atoms with Crippen molar-refractivity contribution in [3.05, 3.63) is 39.3 Å². The maximum atomic E-state index is 6.13. The number of benzene rings is 1. The monoisotopic (exact) mass is 283 g/mol. The molecular formula is C11H7Cl2N3S. The van der Waals surface area contributed by atoms with Gasteiger partial charge in [0.25, 0.3) is 0 Å². The standard InChI is InChI=1S/C11H7Cl2N3S/c1-6-5-17-11-14-10(15-16(6)11)8-3-2-7(12)4-9(8)13/h2-5H,1H3. The quantitative estimate of drug-likeness (QED) is 0.674. The van der Waals surface area contributed by atoms with Crippen LogP contribution in [0.1, 0.15) is 5.69 Å². The van der Waals surface area contributed by atoms with E-state index >= 15 is 0 Å². The third kappa shape index (κ3) is 1.82. The molecule has 1 aromatic carbocycles. The summed E-state index contributed by atoms with van der Waals surface area (Å²) in [5, 5.41) is 7.61. The molecule has 0 N–H and O–H groups in total. The van der Waals surface area contributed by atoms with E-state index in [1.165, 1.54) is 0 Å². The van der Waals surface area contributed by atoms with E-state index in [1.807, 2.05) is 22.9 Å². The molecule has 0 aliphatic carbocycles. The normalized spacial score (nSPS) is 11.2. The van der Waals surface area contributed by atoms with E-state index in [0.717, 1.165) is 16.2 Å². The third-order valence-electron chi connectivity index (χ3n) is 2.42. The van der Waals surface area contributed by atoms with E-state index in [1.54, 1.807) is 23.5 Å². The van der Waals surface area contributed by atoms with Crippen LogP contribution < -0.4 is 0 Å². The first-order chi connectivity index (χ1) is 8.15. The molecule has 3 nitrogen and oxygen atoms in total. The fraction of sp³-hybridized carbons (Fsp3) is 0.0909. The minimum Gasteiger partial charge on any atom is -0.208 e. The summed E-state index contributed by atoms with van der Waals surface area (Å²) in [6, 6.07) is 5.31. The van der Waals surface area contributed by atoms with Crippen molar-refractivity contribution in [2.45, 2.75) is 6.92 Å². The van der Waals surface area contributed by atoms with Gasteiger partial charge in [0.1, 0.15) is 0 Å². The molecular weight excluding hydrogens is 277 g/mol. The Labute approximate surface area is 112 Å². The smallest absolute Gasteiger partial charge is 0.208 e. The molecule has 2 aromatic heterocycles. The van der Waals surface area contributed by atoms with Crippen molar-refractivity contribution >= 4 is 39.5 Å². The number of hydrogen-bond donors (Lipinski definition) is 0. The first-order valence-corrected chi connectivity index (χ1v) is 6.55. The molecule has 0 radical (unpaired) electrons. The Bertz CT molecular complexity index is 702. The van der Waals surface area contributed by atoms with Gasteiger partial charge in [-0.15, -0.1) is 16.4 Å². The molecule has 0 spiro atoms. The average molecular weight is 284 g/mol. The molecule has 86 valence electrons. The van der Waals surface area contributed by atoms with Gasteiger partial charge in [0.05, 0.1) is 10.7 Å². The Morgan fingerprint density at radius 1 is 1.29 bits per heavy atom. The Kier molecular flexibility index (Phi) is 2.58. The van der Waals surface area contributed by atoms with Crippen LogP contribution in [0.4, 0.5) is 0 Å². The zero-order valence-corrected chi connectivity index (χ0v) is 11.1. The van der Waals surface area contributed by atoms with E-state index in [9.17, 15) is 0 Å². The van der Waals surface area contributed by atoms with Crippen LogP contribution in [0, 0.1) is 6.92 Å². The van der Waals surface area contributed by atoms with E-state index < -0.39 is 0 Å². The van der Waals surface area contributed by atoms with Crippen LogP contribution in [0.25, 0.3) is 16.3 Å². The highest BCUT2D eigenvalue weighted by Gasteiger charge is 2.12. The fourth-order valence-electron chi connectivity index (χ4n) is 1.58. The highest BCUT2D eigenvalue weighted by molar-refractivity contribution is 7.15. The van der Waals surface area contributed by atoms with Crippen LogP contribution in [-0.2, 0) is 0 Å². The zero-order chi connectivity index (χ0) is 12.0. The summed E-state index contributed by atoms with van der Waals surface area (Å²) < 4.78 is 1.81. The maximum Gasteiger partial charge on any atom is 0.212 e. The lowest BCUT2D eigenvalue weighted by atomic mass is 10.2. The summed E-state index contributed by atoms with van der Waals surface area (Å²) in [6.45, 7) is 1.99. The Morgan fingerprint density at radius 2 is 2.12 bits per heavy atom. The van der Waals surface area contributed by atoms with Crippen LogP contribution in [-0.4, -0.2) is 14.6 Å². The summed E-state index contributed by atoms with van der Waals surface area (Å²) in [4.78, 5) is 5.30. The second kappa shape index (κ2) is 3.98. The van der Waals surface area contributed by atoms with E-state index in [2.05, 4.69) is 10.1 Å². The first-order valence-electron chi connectivity index (χ1n) is 4.91. The number of halogens is 2. The predicted octanol–water partition coefficient (Wildman–Crippen LogP) is 4.07. The van der Waals surface area contributed by atoms with Gasteiger partial charge >= 0.3 is 0 Å². The lowest BCUT2D eigenvalue weighted by Gasteiger charge is -1.99. The second-order valence-corrected chi connectivity index (χ2v) is 5.31. The molecule has 2 heterocycles. The Hall–Kier alpha value is -1.10. The largest absolute Gasteiger partial charge is 0.212 e. The second-order valence-electron chi connectivity index (χ2n) is 3.63. The topological polar surface area (TPSA) is 30.2 Å².